The maximum atomic E-state index is 12.2. The maximum Gasteiger partial charge on any atom is 0.230 e. The standard InChI is InChI=1S/C13H17BrN2O.ClH/c14-11-4-2-10(3-5-11)13(6-1-7-13)12(17)16-9-8-15;/h2-5H,1,6-9,15H2,(H,16,17);1H. The van der Waals surface area contributed by atoms with E-state index in [1.54, 1.807) is 0 Å². The summed E-state index contributed by atoms with van der Waals surface area (Å²) in [6, 6.07) is 8.05. The van der Waals surface area contributed by atoms with Crippen LogP contribution in [0.2, 0.25) is 0 Å². The van der Waals surface area contributed by atoms with E-state index in [0.717, 1.165) is 29.3 Å². The highest BCUT2D eigenvalue weighted by Gasteiger charge is 2.45. The summed E-state index contributed by atoms with van der Waals surface area (Å²) in [7, 11) is 0. The molecule has 0 saturated heterocycles. The minimum absolute atomic E-state index is 0. The van der Waals surface area contributed by atoms with Crippen LogP contribution in [0.15, 0.2) is 28.7 Å². The van der Waals surface area contributed by atoms with E-state index in [9.17, 15) is 4.79 Å². The van der Waals surface area contributed by atoms with Crippen molar-refractivity contribution in [2.24, 2.45) is 5.73 Å². The number of hydrogen-bond donors (Lipinski definition) is 2. The molecule has 18 heavy (non-hydrogen) atoms. The second kappa shape index (κ2) is 6.55. The summed E-state index contributed by atoms with van der Waals surface area (Å²) in [5.74, 6) is 0.122. The number of halogens is 2. The zero-order chi connectivity index (χ0) is 12.3. The van der Waals surface area contributed by atoms with Crippen LogP contribution in [0.4, 0.5) is 0 Å². The van der Waals surface area contributed by atoms with Crippen LogP contribution >= 0.6 is 28.3 Å². The largest absolute Gasteiger partial charge is 0.354 e. The molecular weight excluding hydrogens is 316 g/mol. The van der Waals surface area contributed by atoms with Gasteiger partial charge in [-0.2, -0.15) is 0 Å². The lowest BCUT2D eigenvalue weighted by Crippen LogP contribution is -2.50. The molecule has 2 rings (SSSR count). The van der Waals surface area contributed by atoms with Crippen molar-refractivity contribution in [2.45, 2.75) is 24.7 Å². The Bertz CT molecular complexity index is 404. The SMILES string of the molecule is Cl.NCCNC(=O)C1(c2ccc(Br)cc2)CCC1. The molecular formula is C13H18BrClN2O. The Labute approximate surface area is 122 Å². The van der Waals surface area contributed by atoms with Gasteiger partial charge in [0, 0.05) is 17.6 Å². The van der Waals surface area contributed by atoms with Gasteiger partial charge < -0.3 is 11.1 Å². The zero-order valence-corrected chi connectivity index (χ0v) is 12.5. The van der Waals surface area contributed by atoms with Gasteiger partial charge in [0.15, 0.2) is 0 Å². The quantitative estimate of drug-likeness (QED) is 0.889. The molecule has 1 amide bonds. The maximum absolute atomic E-state index is 12.2. The van der Waals surface area contributed by atoms with Crippen LogP contribution in [0, 0.1) is 0 Å². The summed E-state index contributed by atoms with van der Waals surface area (Å²) >= 11 is 3.41. The monoisotopic (exact) mass is 332 g/mol. The number of carbonyl (C=O) groups is 1. The van der Waals surface area contributed by atoms with Crippen LogP contribution in [-0.4, -0.2) is 19.0 Å². The van der Waals surface area contributed by atoms with Gasteiger partial charge in [0.1, 0.15) is 0 Å². The van der Waals surface area contributed by atoms with Crippen molar-refractivity contribution in [3.05, 3.63) is 34.3 Å². The van der Waals surface area contributed by atoms with Crippen LogP contribution < -0.4 is 11.1 Å². The molecule has 1 fully saturated rings. The molecule has 1 aromatic rings. The predicted octanol–water partition coefficient (Wildman–Crippen LogP) is 2.37. The normalized spacial score (nSPS) is 16.3. The summed E-state index contributed by atoms with van der Waals surface area (Å²) in [6.45, 7) is 1.04. The van der Waals surface area contributed by atoms with E-state index in [-0.39, 0.29) is 23.7 Å². The van der Waals surface area contributed by atoms with Crippen molar-refractivity contribution in [1.29, 1.82) is 0 Å². The first-order valence-corrected chi connectivity index (χ1v) is 6.73. The summed E-state index contributed by atoms with van der Waals surface area (Å²) < 4.78 is 1.04. The summed E-state index contributed by atoms with van der Waals surface area (Å²) in [5.41, 5.74) is 6.22. The van der Waals surface area contributed by atoms with Gasteiger partial charge in [0.05, 0.1) is 5.41 Å². The van der Waals surface area contributed by atoms with E-state index in [2.05, 4.69) is 21.2 Å². The minimum atomic E-state index is -0.310. The van der Waals surface area contributed by atoms with E-state index >= 15 is 0 Å². The Kier molecular flexibility index (Phi) is 5.63. The fourth-order valence-corrected chi connectivity index (χ4v) is 2.57. The second-order valence-corrected chi connectivity index (χ2v) is 5.40. The zero-order valence-electron chi connectivity index (χ0n) is 10.1. The molecule has 0 unspecified atom stereocenters. The highest BCUT2D eigenvalue weighted by molar-refractivity contribution is 9.10. The molecule has 0 aromatic heterocycles. The van der Waals surface area contributed by atoms with Crippen molar-refractivity contribution < 1.29 is 4.79 Å². The summed E-state index contributed by atoms with van der Waals surface area (Å²) in [5, 5.41) is 2.91. The number of benzene rings is 1. The fourth-order valence-electron chi connectivity index (χ4n) is 2.30. The van der Waals surface area contributed by atoms with Crippen molar-refractivity contribution in [3.8, 4) is 0 Å². The Morgan fingerprint density at radius 1 is 1.33 bits per heavy atom. The van der Waals surface area contributed by atoms with Gasteiger partial charge in [-0.05, 0) is 30.5 Å². The topological polar surface area (TPSA) is 55.1 Å². The van der Waals surface area contributed by atoms with Crippen LogP contribution in [-0.2, 0) is 10.2 Å². The molecule has 1 aliphatic rings. The first-order chi connectivity index (χ1) is 8.19. The van der Waals surface area contributed by atoms with Crippen molar-refractivity contribution >= 4 is 34.2 Å². The molecule has 5 heteroatoms. The lowest BCUT2D eigenvalue weighted by Gasteiger charge is -2.40. The van der Waals surface area contributed by atoms with Crippen molar-refractivity contribution in [3.63, 3.8) is 0 Å². The molecule has 3 nitrogen and oxygen atoms in total. The summed E-state index contributed by atoms with van der Waals surface area (Å²) in [6.07, 6.45) is 2.99. The van der Waals surface area contributed by atoms with E-state index in [1.165, 1.54) is 0 Å². The van der Waals surface area contributed by atoms with Crippen LogP contribution in [0.5, 0.6) is 0 Å². The van der Waals surface area contributed by atoms with Gasteiger partial charge in [-0.3, -0.25) is 4.79 Å². The van der Waals surface area contributed by atoms with Crippen LogP contribution in [0.3, 0.4) is 0 Å². The van der Waals surface area contributed by atoms with Gasteiger partial charge in [-0.25, -0.2) is 0 Å². The fraction of sp³-hybridized carbons (Fsp3) is 0.462. The number of hydrogen-bond acceptors (Lipinski definition) is 2. The van der Waals surface area contributed by atoms with Gasteiger partial charge >= 0.3 is 0 Å². The van der Waals surface area contributed by atoms with Gasteiger partial charge in [0.25, 0.3) is 0 Å². The van der Waals surface area contributed by atoms with Crippen LogP contribution in [0.25, 0.3) is 0 Å². The average molecular weight is 334 g/mol. The van der Waals surface area contributed by atoms with Gasteiger partial charge in [0.2, 0.25) is 5.91 Å². The molecule has 0 spiro atoms. The third-order valence-corrected chi connectivity index (χ3v) is 4.00. The minimum Gasteiger partial charge on any atom is -0.354 e. The molecule has 0 aliphatic heterocycles. The Morgan fingerprint density at radius 3 is 2.39 bits per heavy atom. The van der Waals surface area contributed by atoms with E-state index in [0.29, 0.717) is 13.1 Å². The molecule has 0 atom stereocenters. The molecule has 0 bridgehead atoms. The van der Waals surface area contributed by atoms with Crippen LogP contribution in [0.1, 0.15) is 24.8 Å². The number of carbonyl (C=O) groups excluding carboxylic acids is 1. The van der Waals surface area contributed by atoms with E-state index in [4.69, 9.17) is 5.73 Å². The molecule has 100 valence electrons. The number of nitrogens with two attached hydrogens (primary N) is 1. The smallest absolute Gasteiger partial charge is 0.230 e. The molecule has 3 N–H and O–H groups in total. The predicted molar refractivity (Wildman–Crippen MR) is 79.0 cm³/mol. The highest BCUT2D eigenvalue weighted by atomic mass is 79.9. The third-order valence-electron chi connectivity index (χ3n) is 3.47. The molecule has 1 aliphatic carbocycles. The average Bonchev–Trinajstić information content (AvgIpc) is 2.27. The molecule has 1 aromatic carbocycles. The first-order valence-electron chi connectivity index (χ1n) is 5.93. The molecule has 0 heterocycles. The Balaban J connectivity index is 0.00000162. The van der Waals surface area contributed by atoms with Crippen molar-refractivity contribution in [2.75, 3.05) is 13.1 Å². The number of amides is 1. The Hall–Kier alpha value is -0.580. The number of nitrogens with one attached hydrogen (secondary N) is 1. The van der Waals surface area contributed by atoms with Gasteiger partial charge in [-0.15, -0.1) is 12.4 Å². The molecule has 1 saturated carbocycles. The lowest BCUT2D eigenvalue weighted by atomic mass is 9.64. The lowest BCUT2D eigenvalue weighted by molar-refractivity contribution is -0.129. The number of rotatable bonds is 4. The first kappa shape index (κ1) is 15.5. The second-order valence-electron chi connectivity index (χ2n) is 4.49. The summed E-state index contributed by atoms with van der Waals surface area (Å²) in [4.78, 5) is 12.2. The third kappa shape index (κ3) is 2.87. The van der Waals surface area contributed by atoms with E-state index in [1.807, 2.05) is 24.3 Å². The highest BCUT2D eigenvalue weighted by Crippen LogP contribution is 2.44. The molecule has 0 radical (unpaired) electrons. The van der Waals surface area contributed by atoms with Crippen molar-refractivity contribution in [1.82, 2.24) is 5.32 Å². The van der Waals surface area contributed by atoms with Gasteiger partial charge in [-0.1, -0.05) is 34.5 Å². The Morgan fingerprint density at radius 2 is 1.94 bits per heavy atom. The van der Waals surface area contributed by atoms with E-state index < -0.39 is 0 Å².